The van der Waals surface area contributed by atoms with Crippen molar-refractivity contribution in [2.75, 3.05) is 6.61 Å². The highest BCUT2D eigenvalue weighted by Crippen LogP contribution is 2.68. The van der Waals surface area contributed by atoms with E-state index in [1.165, 1.54) is 12.8 Å². The molecule has 4 rings (SSSR count). The maximum atomic E-state index is 11.0. The van der Waals surface area contributed by atoms with Crippen LogP contribution in [0.2, 0.25) is 0 Å². The van der Waals surface area contributed by atoms with E-state index in [2.05, 4.69) is 27.7 Å². The van der Waals surface area contributed by atoms with Gasteiger partial charge in [-0.25, -0.2) is 0 Å². The minimum absolute atomic E-state index is 0.0110. The highest BCUT2D eigenvalue weighted by atomic mass is 16.6. The molecule has 0 aromatic heterocycles. The molecule has 4 heteroatoms. The highest BCUT2D eigenvalue weighted by molar-refractivity contribution is 5.18. The summed E-state index contributed by atoms with van der Waals surface area (Å²) in [6.45, 7) is 9.81. The zero-order valence-corrected chi connectivity index (χ0v) is 15.7. The van der Waals surface area contributed by atoms with Crippen LogP contribution in [0.5, 0.6) is 0 Å². The molecular weight excluding hydrogens is 304 g/mol. The Morgan fingerprint density at radius 3 is 2.42 bits per heavy atom. The summed E-state index contributed by atoms with van der Waals surface area (Å²) in [7, 11) is 0. The van der Waals surface area contributed by atoms with Gasteiger partial charge in [0, 0.05) is 11.8 Å². The number of rotatable bonds is 0. The summed E-state index contributed by atoms with van der Waals surface area (Å²) < 4.78 is 12.4. The second-order valence-corrected chi connectivity index (χ2v) is 10.1. The topological polar surface area (TPSA) is 58.9 Å². The van der Waals surface area contributed by atoms with Crippen LogP contribution in [0.25, 0.3) is 0 Å². The molecule has 4 nitrogen and oxygen atoms in total. The summed E-state index contributed by atoms with van der Waals surface area (Å²) in [5.41, 5.74) is -0.375. The lowest BCUT2D eigenvalue weighted by Crippen LogP contribution is -2.66. The Morgan fingerprint density at radius 1 is 1.00 bits per heavy atom. The zero-order valence-electron chi connectivity index (χ0n) is 15.7. The van der Waals surface area contributed by atoms with Gasteiger partial charge < -0.3 is 19.7 Å². The van der Waals surface area contributed by atoms with Crippen molar-refractivity contribution in [3.63, 3.8) is 0 Å². The molecule has 2 saturated carbocycles. The number of aliphatic hydroxyl groups is 2. The average Bonchev–Trinajstić information content (AvgIpc) is 3.01. The largest absolute Gasteiger partial charge is 0.393 e. The molecule has 0 radical (unpaired) electrons. The predicted molar refractivity (Wildman–Crippen MR) is 91.4 cm³/mol. The van der Waals surface area contributed by atoms with Crippen LogP contribution in [-0.4, -0.2) is 40.4 Å². The van der Waals surface area contributed by atoms with Gasteiger partial charge in [-0.15, -0.1) is 0 Å². The first-order chi connectivity index (χ1) is 11.1. The first-order valence-corrected chi connectivity index (χ1v) is 9.82. The van der Waals surface area contributed by atoms with E-state index in [-0.39, 0.29) is 34.1 Å². The Labute approximate surface area is 145 Å². The van der Waals surface area contributed by atoms with Crippen molar-refractivity contribution in [2.24, 2.45) is 22.7 Å². The minimum Gasteiger partial charge on any atom is -0.393 e. The third kappa shape index (κ3) is 2.12. The maximum Gasteiger partial charge on any atom is 0.157 e. The van der Waals surface area contributed by atoms with E-state index in [0.717, 1.165) is 25.7 Å². The van der Waals surface area contributed by atoms with Crippen LogP contribution in [0.1, 0.15) is 72.6 Å². The lowest BCUT2D eigenvalue weighted by Gasteiger charge is -2.65. The first kappa shape index (κ1) is 17.3. The first-order valence-electron chi connectivity index (χ1n) is 9.82. The summed E-state index contributed by atoms with van der Waals surface area (Å²) >= 11 is 0. The molecule has 24 heavy (non-hydrogen) atoms. The smallest absolute Gasteiger partial charge is 0.157 e. The van der Waals surface area contributed by atoms with Gasteiger partial charge in [0.05, 0.1) is 23.9 Å². The fourth-order valence-electron chi connectivity index (χ4n) is 7.34. The van der Waals surface area contributed by atoms with Crippen molar-refractivity contribution in [1.82, 2.24) is 0 Å². The Hall–Kier alpha value is -0.160. The van der Waals surface area contributed by atoms with E-state index in [0.29, 0.717) is 18.9 Å². The molecule has 4 fully saturated rings. The van der Waals surface area contributed by atoms with Crippen molar-refractivity contribution in [1.29, 1.82) is 0 Å². The normalized spacial score (nSPS) is 56.8. The van der Waals surface area contributed by atoms with Crippen molar-refractivity contribution in [2.45, 2.75) is 96.2 Å². The van der Waals surface area contributed by atoms with Crippen molar-refractivity contribution in [3.8, 4) is 0 Å². The van der Waals surface area contributed by atoms with Gasteiger partial charge in [0.2, 0.25) is 0 Å². The van der Waals surface area contributed by atoms with Crippen molar-refractivity contribution >= 4 is 0 Å². The highest BCUT2D eigenvalue weighted by Gasteiger charge is 2.69. The van der Waals surface area contributed by atoms with Gasteiger partial charge in [-0.05, 0) is 49.4 Å². The van der Waals surface area contributed by atoms with Crippen LogP contribution >= 0.6 is 0 Å². The second kappa shape index (κ2) is 5.18. The fraction of sp³-hybridized carbons (Fsp3) is 1.00. The molecule has 2 N–H and O–H groups in total. The molecule has 0 amide bonds. The Morgan fingerprint density at radius 2 is 1.75 bits per heavy atom. The Bertz CT molecular complexity index is 520. The molecule has 2 saturated heterocycles. The summed E-state index contributed by atoms with van der Waals surface area (Å²) in [5.74, 6) is 0.608. The van der Waals surface area contributed by atoms with Crippen LogP contribution in [0.3, 0.4) is 0 Å². The van der Waals surface area contributed by atoms with E-state index in [4.69, 9.17) is 9.47 Å². The van der Waals surface area contributed by atoms with Gasteiger partial charge in [-0.1, -0.05) is 34.1 Å². The van der Waals surface area contributed by atoms with Gasteiger partial charge in [-0.3, -0.25) is 0 Å². The van der Waals surface area contributed by atoms with Crippen LogP contribution < -0.4 is 0 Å². The van der Waals surface area contributed by atoms with E-state index < -0.39 is 6.29 Å². The molecule has 0 aromatic rings. The summed E-state index contributed by atoms with van der Waals surface area (Å²) in [5, 5.41) is 20.9. The molecule has 138 valence electrons. The number of ether oxygens (including phenoxy) is 2. The van der Waals surface area contributed by atoms with Crippen LogP contribution in [0.15, 0.2) is 0 Å². The van der Waals surface area contributed by atoms with Crippen LogP contribution in [0, 0.1) is 22.7 Å². The molecule has 2 spiro atoms. The van der Waals surface area contributed by atoms with Crippen LogP contribution in [0.4, 0.5) is 0 Å². The molecule has 2 aliphatic heterocycles. The third-order valence-electron chi connectivity index (χ3n) is 8.22. The fourth-order valence-corrected chi connectivity index (χ4v) is 7.34. The Kier molecular flexibility index (Phi) is 3.73. The lowest BCUT2D eigenvalue weighted by molar-refractivity contribution is -0.269. The van der Waals surface area contributed by atoms with E-state index >= 15 is 0 Å². The van der Waals surface area contributed by atoms with Gasteiger partial charge in [0.1, 0.15) is 0 Å². The summed E-state index contributed by atoms with van der Waals surface area (Å²) in [6.07, 6.45) is 6.00. The van der Waals surface area contributed by atoms with Gasteiger partial charge in [0.25, 0.3) is 0 Å². The number of fused-ring (bicyclic) bond motifs is 2. The molecule has 7 unspecified atom stereocenters. The molecular formula is C20H34O4. The molecule has 4 aliphatic rings. The molecule has 2 aliphatic carbocycles. The SMILES string of the molecule is CC1CC(O)C2C(C)(C)CCCC2(C)C12CCC1(COC(O)C1)O2. The van der Waals surface area contributed by atoms with E-state index in [1.807, 2.05) is 0 Å². The molecule has 7 atom stereocenters. The van der Waals surface area contributed by atoms with Gasteiger partial charge >= 0.3 is 0 Å². The predicted octanol–water partition coefficient (Wildman–Crippen LogP) is 3.25. The third-order valence-corrected chi connectivity index (χ3v) is 8.22. The monoisotopic (exact) mass is 338 g/mol. The van der Waals surface area contributed by atoms with E-state index in [9.17, 15) is 10.2 Å². The number of hydrogen-bond donors (Lipinski definition) is 2. The van der Waals surface area contributed by atoms with Crippen molar-refractivity contribution in [3.05, 3.63) is 0 Å². The lowest BCUT2D eigenvalue weighted by atomic mass is 9.43. The standard InChI is InChI=1S/C20H34O4/c1-13-10-14(21)16-17(2,3)6-5-7-18(16,4)20(13)9-8-19(24-20)11-15(22)23-12-19/h13-16,21-22H,5-12H2,1-4H3. The molecule has 0 aromatic carbocycles. The quantitative estimate of drug-likeness (QED) is 0.712. The Balaban J connectivity index is 1.74. The summed E-state index contributed by atoms with van der Waals surface area (Å²) in [4.78, 5) is 0. The maximum absolute atomic E-state index is 11.0. The second-order valence-electron chi connectivity index (χ2n) is 10.1. The molecule has 0 bridgehead atoms. The summed E-state index contributed by atoms with van der Waals surface area (Å²) in [6, 6.07) is 0. The minimum atomic E-state index is -0.684. The molecule has 2 heterocycles. The number of aliphatic hydroxyl groups excluding tert-OH is 2. The van der Waals surface area contributed by atoms with E-state index in [1.54, 1.807) is 0 Å². The zero-order chi connectivity index (χ0) is 17.4. The number of hydrogen-bond acceptors (Lipinski definition) is 4. The average molecular weight is 338 g/mol. The van der Waals surface area contributed by atoms with Gasteiger partial charge in [-0.2, -0.15) is 0 Å². The van der Waals surface area contributed by atoms with Crippen LogP contribution in [-0.2, 0) is 9.47 Å². The van der Waals surface area contributed by atoms with Crippen molar-refractivity contribution < 1.29 is 19.7 Å². The van der Waals surface area contributed by atoms with Gasteiger partial charge in [0.15, 0.2) is 6.29 Å².